The van der Waals surface area contributed by atoms with Gasteiger partial charge in [-0.3, -0.25) is 14.5 Å². The third kappa shape index (κ3) is 2.83. The van der Waals surface area contributed by atoms with Crippen molar-refractivity contribution < 1.29 is 14.4 Å². The second-order valence-corrected chi connectivity index (χ2v) is 4.81. The van der Waals surface area contributed by atoms with E-state index in [9.17, 15) is 14.4 Å². The lowest BCUT2D eigenvalue weighted by molar-refractivity contribution is -0.129. The standard InChI is InChI=1S/C12H13ClN4O3/c1-16-6-11(19)17(12(16)20)5-10(18)15-9-3-2-7(14)4-8(9)13/h2-4H,5-6,14H2,1H3,(H,15,18). The molecule has 2 rings (SSSR count). The highest BCUT2D eigenvalue weighted by Gasteiger charge is 2.34. The van der Waals surface area contributed by atoms with E-state index in [0.29, 0.717) is 11.4 Å². The zero-order valence-electron chi connectivity index (χ0n) is 10.7. The second-order valence-electron chi connectivity index (χ2n) is 4.41. The summed E-state index contributed by atoms with van der Waals surface area (Å²) in [4.78, 5) is 37.1. The Morgan fingerprint density at radius 1 is 1.45 bits per heavy atom. The molecule has 0 spiro atoms. The Morgan fingerprint density at radius 3 is 2.70 bits per heavy atom. The van der Waals surface area contributed by atoms with E-state index in [1.807, 2.05) is 0 Å². The summed E-state index contributed by atoms with van der Waals surface area (Å²) in [6.45, 7) is -0.364. The van der Waals surface area contributed by atoms with Crippen molar-refractivity contribution >= 4 is 40.8 Å². The number of nitrogens with zero attached hydrogens (tertiary/aromatic N) is 2. The number of nitrogens with one attached hydrogen (secondary N) is 1. The first-order chi connectivity index (χ1) is 9.38. The van der Waals surface area contributed by atoms with Crippen LogP contribution in [0.4, 0.5) is 16.2 Å². The molecule has 0 bridgehead atoms. The predicted molar refractivity (Wildman–Crippen MR) is 74.2 cm³/mol. The Balaban J connectivity index is 2.03. The molecular formula is C12H13ClN4O3. The smallest absolute Gasteiger partial charge is 0.327 e. The summed E-state index contributed by atoms with van der Waals surface area (Å²) >= 11 is 5.92. The van der Waals surface area contributed by atoms with E-state index in [-0.39, 0.29) is 18.1 Å². The van der Waals surface area contributed by atoms with Gasteiger partial charge < -0.3 is 16.0 Å². The maximum atomic E-state index is 11.8. The van der Waals surface area contributed by atoms with E-state index in [1.165, 1.54) is 18.0 Å². The number of nitrogens with two attached hydrogens (primary N) is 1. The number of anilines is 2. The highest BCUT2D eigenvalue weighted by Crippen LogP contribution is 2.24. The van der Waals surface area contributed by atoms with Crippen LogP contribution >= 0.6 is 11.6 Å². The zero-order chi connectivity index (χ0) is 14.9. The van der Waals surface area contributed by atoms with Crippen molar-refractivity contribution in [1.82, 2.24) is 9.80 Å². The van der Waals surface area contributed by atoms with Gasteiger partial charge in [0, 0.05) is 12.7 Å². The maximum Gasteiger partial charge on any atom is 0.327 e. The topological polar surface area (TPSA) is 95.7 Å². The van der Waals surface area contributed by atoms with Gasteiger partial charge in [0.25, 0.3) is 5.91 Å². The summed E-state index contributed by atoms with van der Waals surface area (Å²) in [5.41, 5.74) is 6.39. The number of imide groups is 1. The number of carbonyl (C=O) groups is 3. The van der Waals surface area contributed by atoms with Gasteiger partial charge in [-0.1, -0.05) is 11.6 Å². The summed E-state index contributed by atoms with van der Waals surface area (Å²) in [6, 6.07) is 4.14. The van der Waals surface area contributed by atoms with Crippen molar-refractivity contribution in [3.63, 3.8) is 0 Å². The monoisotopic (exact) mass is 296 g/mol. The third-order valence-electron chi connectivity index (χ3n) is 2.80. The van der Waals surface area contributed by atoms with Crippen LogP contribution in [0.15, 0.2) is 18.2 Å². The molecule has 0 aliphatic carbocycles. The normalized spacial score (nSPS) is 14.9. The molecule has 0 radical (unpaired) electrons. The molecule has 1 saturated heterocycles. The van der Waals surface area contributed by atoms with Gasteiger partial charge in [0.1, 0.15) is 13.1 Å². The minimum atomic E-state index is -0.506. The second kappa shape index (κ2) is 5.38. The minimum absolute atomic E-state index is 0.0191. The van der Waals surface area contributed by atoms with E-state index in [2.05, 4.69) is 5.32 Å². The van der Waals surface area contributed by atoms with Crippen LogP contribution in [0.25, 0.3) is 0 Å². The largest absolute Gasteiger partial charge is 0.399 e. The van der Waals surface area contributed by atoms with Crippen LogP contribution in [-0.4, -0.2) is 47.8 Å². The Labute approximate surface area is 120 Å². The molecule has 4 amide bonds. The van der Waals surface area contributed by atoms with Crippen LogP contribution in [0.1, 0.15) is 0 Å². The molecule has 1 aliphatic rings. The molecule has 1 aromatic rings. The number of hydrogen-bond acceptors (Lipinski definition) is 4. The quantitative estimate of drug-likeness (QED) is 0.635. The number of amides is 4. The van der Waals surface area contributed by atoms with Crippen molar-refractivity contribution in [2.45, 2.75) is 0 Å². The van der Waals surface area contributed by atoms with Crippen molar-refractivity contribution in [2.24, 2.45) is 0 Å². The lowest BCUT2D eigenvalue weighted by Gasteiger charge is -2.14. The highest BCUT2D eigenvalue weighted by atomic mass is 35.5. The third-order valence-corrected chi connectivity index (χ3v) is 3.11. The first-order valence-corrected chi connectivity index (χ1v) is 6.16. The Bertz CT molecular complexity index is 590. The van der Waals surface area contributed by atoms with Gasteiger partial charge in [0.15, 0.2) is 0 Å². The van der Waals surface area contributed by atoms with Gasteiger partial charge in [-0.05, 0) is 18.2 Å². The van der Waals surface area contributed by atoms with Crippen LogP contribution in [0, 0.1) is 0 Å². The molecule has 1 fully saturated rings. The number of nitrogen functional groups attached to an aromatic ring is 1. The number of carbonyl (C=O) groups excluding carboxylic acids is 3. The van der Waals surface area contributed by atoms with Crippen LogP contribution in [0.3, 0.4) is 0 Å². The van der Waals surface area contributed by atoms with Crippen LogP contribution in [0.2, 0.25) is 5.02 Å². The zero-order valence-corrected chi connectivity index (χ0v) is 11.5. The summed E-state index contributed by atoms with van der Waals surface area (Å²) in [5, 5.41) is 2.82. The first-order valence-electron chi connectivity index (χ1n) is 5.79. The average molecular weight is 297 g/mol. The molecule has 0 unspecified atom stereocenters. The molecule has 1 heterocycles. The first kappa shape index (κ1) is 14.1. The number of likely N-dealkylation sites (N-methyl/N-ethyl adjacent to an activating group) is 1. The summed E-state index contributed by atoms with van der Waals surface area (Å²) in [5.74, 6) is -0.912. The lowest BCUT2D eigenvalue weighted by Crippen LogP contribution is -2.38. The molecule has 1 aromatic carbocycles. The SMILES string of the molecule is CN1CC(=O)N(CC(=O)Nc2ccc(N)cc2Cl)C1=O. The highest BCUT2D eigenvalue weighted by molar-refractivity contribution is 6.34. The van der Waals surface area contributed by atoms with Gasteiger partial charge in [-0.2, -0.15) is 0 Å². The van der Waals surface area contributed by atoms with Gasteiger partial charge in [0.2, 0.25) is 5.91 Å². The molecule has 3 N–H and O–H groups in total. The fraction of sp³-hybridized carbons (Fsp3) is 0.250. The number of urea groups is 1. The molecule has 106 valence electrons. The van der Waals surface area contributed by atoms with Crippen LogP contribution < -0.4 is 11.1 Å². The van der Waals surface area contributed by atoms with E-state index in [4.69, 9.17) is 17.3 Å². The Hall–Kier alpha value is -2.28. The molecule has 0 aromatic heterocycles. The van der Waals surface area contributed by atoms with E-state index in [1.54, 1.807) is 12.1 Å². The van der Waals surface area contributed by atoms with Gasteiger partial charge in [-0.25, -0.2) is 4.79 Å². The van der Waals surface area contributed by atoms with E-state index < -0.39 is 17.8 Å². The molecular weight excluding hydrogens is 284 g/mol. The van der Waals surface area contributed by atoms with Crippen LogP contribution in [0.5, 0.6) is 0 Å². The summed E-state index contributed by atoms with van der Waals surface area (Å²) in [6.07, 6.45) is 0. The van der Waals surface area contributed by atoms with Crippen molar-refractivity contribution in [3.8, 4) is 0 Å². The molecule has 20 heavy (non-hydrogen) atoms. The maximum absolute atomic E-state index is 11.8. The van der Waals surface area contributed by atoms with Crippen LogP contribution in [-0.2, 0) is 9.59 Å². The summed E-state index contributed by atoms with van der Waals surface area (Å²) < 4.78 is 0. The van der Waals surface area contributed by atoms with Crippen molar-refractivity contribution in [1.29, 1.82) is 0 Å². The average Bonchev–Trinajstić information content (AvgIpc) is 2.60. The van der Waals surface area contributed by atoms with Gasteiger partial charge in [-0.15, -0.1) is 0 Å². The van der Waals surface area contributed by atoms with Crippen molar-refractivity contribution in [2.75, 3.05) is 31.2 Å². The molecule has 7 nitrogen and oxygen atoms in total. The van der Waals surface area contributed by atoms with Crippen molar-refractivity contribution in [3.05, 3.63) is 23.2 Å². The fourth-order valence-corrected chi connectivity index (χ4v) is 2.03. The molecule has 0 saturated carbocycles. The Morgan fingerprint density at radius 2 is 2.15 bits per heavy atom. The number of benzene rings is 1. The van der Waals surface area contributed by atoms with Gasteiger partial charge >= 0.3 is 6.03 Å². The van der Waals surface area contributed by atoms with E-state index in [0.717, 1.165) is 4.90 Å². The Kier molecular flexibility index (Phi) is 3.80. The minimum Gasteiger partial charge on any atom is -0.399 e. The van der Waals surface area contributed by atoms with E-state index >= 15 is 0 Å². The number of halogens is 1. The molecule has 8 heteroatoms. The lowest BCUT2D eigenvalue weighted by atomic mass is 10.3. The molecule has 1 aliphatic heterocycles. The number of hydrogen-bond donors (Lipinski definition) is 2. The predicted octanol–water partition coefficient (Wildman–Crippen LogP) is 0.755. The molecule has 0 atom stereocenters. The van der Waals surface area contributed by atoms with Gasteiger partial charge in [0.05, 0.1) is 10.7 Å². The fourth-order valence-electron chi connectivity index (χ4n) is 1.79. The summed E-state index contributed by atoms with van der Waals surface area (Å²) in [7, 11) is 1.50. The number of rotatable bonds is 3.